The standard InChI is InChI=1S/C14H24N6O/c1-10(2)15-8-13-9-20(18-16-13)6-7-21-14-11(3)17-19(5)12(14)4/h9-10,15H,6-8H2,1-5H3. The number of hydrogen-bond donors (Lipinski definition) is 1. The summed E-state index contributed by atoms with van der Waals surface area (Å²) in [4.78, 5) is 0. The van der Waals surface area contributed by atoms with Crippen LogP contribution in [0.3, 0.4) is 0 Å². The molecule has 21 heavy (non-hydrogen) atoms. The summed E-state index contributed by atoms with van der Waals surface area (Å²) in [5.74, 6) is 0.860. The summed E-state index contributed by atoms with van der Waals surface area (Å²) in [6, 6.07) is 0.440. The number of rotatable bonds is 7. The average Bonchev–Trinajstić information content (AvgIpc) is 2.96. The van der Waals surface area contributed by atoms with E-state index in [2.05, 4.69) is 34.6 Å². The Morgan fingerprint density at radius 1 is 1.33 bits per heavy atom. The van der Waals surface area contributed by atoms with E-state index in [-0.39, 0.29) is 0 Å². The molecule has 116 valence electrons. The molecule has 0 amide bonds. The second-order valence-corrected chi connectivity index (χ2v) is 5.48. The molecule has 0 saturated carbocycles. The molecule has 0 fully saturated rings. The molecule has 2 heterocycles. The van der Waals surface area contributed by atoms with Crippen molar-refractivity contribution in [2.75, 3.05) is 6.61 Å². The first kappa shape index (κ1) is 15.5. The van der Waals surface area contributed by atoms with Gasteiger partial charge in [-0.3, -0.25) is 4.68 Å². The normalized spacial score (nSPS) is 11.3. The van der Waals surface area contributed by atoms with Crippen molar-refractivity contribution in [1.82, 2.24) is 30.1 Å². The molecule has 0 aliphatic carbocycles. The molecule has 0 saturated heterocycles. The molecule has 2 rings (SSSR count). The lowest BCUT2D eigenvalue weighted by atomic mass is 10.3. The highest BCUT2D eigenvalue weighted by atomic mass is 16.5. The second kappa shape index (κ2) is 6.71. The van der Waals surface area contributed by atoms with Crippen LogP contribution in [0.25, 0.3) is 0 Å². The molecule has 0 aliphatic rings. The van der Waals surface area contributed by atoms with Crippen LogP contribution in [-0.2, 0) is 20.1 Å². The molecule has 0 radical (unpaired) electrons. The summed E-state index contributed by atoms with van der Waals surface area (Å²) in [6.45, 7) is 10.1. The Hall–Kier alpha value is -1.89. The molecule has 0 unspecified atom stereocenters. The SMILES string of the molecule is Cc1nn(C)c(C)c1OCCn1cc(CNC(C)C)nn1. The summed E-state index contributed by atoms with van der Waals surface area (Å²) in [6.07, 6.45) is 1.95. The third kappa shape index (κ3) is 4.04. The molecule has 0 bridgehead atoms. The van der Waals surface area contributed by atoms with Gasteiger partial charge in [-0.15, -0.1) is 5.10 Å². The molecule has 2 aromatic rings. The van der Waals surface area contributed by atoms with Crippen molar-refractivity contribution in [1.29, 1.82) is 0 Å². The second-order valence-electron chi connectivity index (χ2n) is 5.48. The lowest BCUT2D eigenvalue weighted by Gasteiger charge is -2.06. The summed E-state index contributed by atoms with van der Waals surface area (Å²) in [5.41, 5.74) is 2.89. The van der Waals surface area contributed by atoms with Gasteiger partial charge in [0.2, 0.25) is 0 Å². The summed E-state index contributed by atoms with van der Waals surface area (Å²) in [7, 11) is 1.92. The largest absolute Gasteiger partial charge is 0.488 e. The molecule has 0 aliphatic heterocycles. The number of nitrogens with zero attached hydrogens (tertiary/aromatic N) is 5. The Morgan fingerprint density at radius 3 is 2.71 bits per heavy atom. The molecule has 7 nitrogen and oxygen atoms in total. The summed E-state index contributed by atoms with van der Waals surface area (Å²) in [5, 5.41) is 15.9. The summed E-state index contributed by atoms with van der Waals surface area (Å²) < 4.78 is 9.45. The summed E-state index contributed by atoms with van der Waals surface area (Å²) >= 11 is 0. The number of aryl methyl sites for hydroxylation is 2. The fourth-order valence-corrected chi connectivity index (χ4v) is 2.04. The Kier molecular flexibility index (Phi) is 4.95. The molecule has 2 aromatic heterocycles. The van der Waals surface area contributed by atoms with Crippen LogP contribution in [0.1, 0.15) is 30.9 Å². The third-order valence-electron chi connectivity index (χ3n) is 3.29. The van der Waals surface area contributed by atoms with Crippen LogP contribution in [0.5, 0.6) is 5.75 Å². The van der Waals surface area contributed by atoms with Gasteiger partial charge in [-0.2, -0.15) is 5.10 Å². The van der Waals surface area contributed by atoms with Crippen LogP contribution >= 0.6 is 0 Å². The maximum Gasteiger partial charge on any atom is 0.163 e. The zero-order valence-electron chi connectivity index (χ0n) is 13.4. The molecule has 7 heteroatoms. The van der Waals surface area contributed by atoms with Gasteiger partial charge in [0.25, 0.3) is 0 Å². The maximum absolute atomic E-state index is 5.81. The monoisotopic (exact) mass is 292 g/mol. The lowest BCUT2D eigenvalue weighted by molar-refractivity contribution is 0.286. The van der Waals surface area contributed by atoms with Gasteiger partial charge in [0.1, 0.15) is 12.3 Å². The molecule has 0 atom stereocenters. The Labute approximate surface area is 125 Å². The fraction of sp³-hybridized carbons (Fsp3) is 0.643. The van der Waals surface area contributed by atoms with E-state index in [1.54, 1.807) is 4.68 Å². The van der Waals surface area contributed by atoms with Crippen LogP contribution in [-0.4, -0.2) is 37.4 Å². The van der Waals surface area contributed by atoms with E-state index in [0.717, 1.165) is 29.4 Å². The van der Waals surface area contributed by atoms with Gasteiger partial charge in [0, 0.05) is 25.8 Å². The first-order valence-corrected chi connectivity index (χ1v) is 7.22. The van der Waals surface area contributed by atoms with Crippen molar-refractivity contribution in [3.63, 3.8) is 0 Å². The maximum atomic E-state index is 5.81. The van der Waals surface area contributed by atoms with E-state index in [4.69, 9.17) is 4.74 Å². The lowest BCUT2D eigenvalue weighted by Crippen LogP contribution is -2.21. The molecule has 0 spiro atoms. The van der Waals surface area contributed by atoms with E-state index in [9.17, 15) is 0 Å². The highest BCUT2D eigenvalue weighted by Gasteiger charge is 2.10. The zero-order chi connectivity index (χ0) is 15.4. The Balaban J connectivity index is 1.83. The molecule has 1 N–H and O–H groups in total. The van der Waals surface area contributed by atoms with Crippen molar-refractivity contribution in [2.45, 2.75) is 46.8 Å². The molecular weight excluding hydrogens is 268 g/mol. The van der Waals surface area contributed by atoms with E-state index >= 15 is 0 Å². The van der Waals surface area contributed by atoms with E-state index in [0.29, 0.717) is 19.2 Å². The van der Waals surface area contributed by atoms with Crippen molar-refractivity contribution in [2.24, 2.45) is 7.05 Å². The van der Waals surface area contributed by atoms with Crippen LogP contribution in [0.2, 0.25) is 0 Å². The van der Waals surface area contributed by atoms with E-state index < -0.39 is 0 Å². The van der Waals surface area contributed by atoms with Crippen LogP contribution in [0, 0.1) is 13.8 Å². The van der Waals surface area contributed by atoms with E-state index in [1.807, 2.05) is 31.8 Å². The van der Waals surface area contributed by atoms with Gasteiger partial charge in [-0.25, -0.2) is 4.68 Å². The van der Waals surface area contributed by atoms with Crippen molar-refractivity contribution < 1.29 is 4.74 Å². The minimum Gasteiger partial charge on any atom is -0.488 e. The predicted molar refractivity (Wildman–Crippen MR) is 80.2 cm³/mol. The van der Waals surface area contributed by atoms with Crippen LogP contribution < -0.4 is 10.1 Å². The molecule has 0 aromatic carbocycles. The van der Waals surface area contributed by atoms with Crippen molar-refractivity contribution in [3.8, 4) is 5.75 Å². The smallest absolute Gasteiger partial charge is 0.163 e. The van der Waals surface area contributed by atoms with Gasteiger partial charge < -0.3 is 10.1 Å². The number of aromatic nitrogens is 5. The van der Waals surface area contributed by atoms with Crippen molar-refractivity contribution in [3.05, 3.63) is 23.3 Å². The van der Waals surface area contributed by atoms with Gasteiger partial charge in [-0.05, 0) is 13.8 Å². The fourth-order valence-electron chi connectivity index (χ4n) is 2.04. The minimum absolute atomic E-state index is 0.440. The number of hydrogen-bond acceptors (Lipinski definition) is 5. The first-order valence-electron chi connectivity index (χ1n) is 7.22. The first-order chi connectivity index (χ1) is 9.97. The zero-order valence-corrected chi connectivity index (χ0v) is 13.4. The quantitative estimate of drug-likeness (QED) is 0.830. The van der Waals surface area contributed by atoms with Crippen LogP contribution in [0.15, 0.2) is 6.20 Å². The average molecular weight is 292 g/mol. The van der Waals surface area contributed by atoms with Gasteiger partial charge in [0.15, 0.2) is 5.75 Å². The van der Waals surface area contributed by atoms with Crippen LogP contribution in [0.4, 0.5) is 0 Å². The Morgan fingerprint density at radius 2 is 2.10 bits per heavy atom. The third-order valence-corrected chi connectivity index (χ3v) is 3.29. The van der Waals surface area contributed by atoms with Gasteiger partial charge >= 0.3 is 0 Å². The van der Waals surface area contributed by atoms with Crippen molar-refractivity contribution >= 4 is 0 Å². The van der Waals surface area contributed by atoms with E-state index in [1.165, 1.54) is 0 Å². The highest BCUT2D eigenvalue weighted by molar-refractivity contribution is 5.31. The topological polar surface area (TPSA) is 69.8 Å². The molecular formula is C14H24N6O. The predicted octanol–water partition coefficient (Wildman–Crippen LogP) is 1.21. The van der Waals surface area contributed by atoms with Gasteiger partial charge in [0.05, 0.1) is 17.9 Å². The van der Waals surface area contributed by atoms with Gasteiger partial charge in [-0.1, -0.05) is 19.1 Å². The minimum atomic E-state index is 0.440. The number of nitrogens with one attached hydrogen (secondary N) is 1. The Bertz CT molecular complexity index is 586. The highest BCUT2D eigenvalue weighted by Crippen LogP contribution is 2.21. The number of ether oxygens (including phenoxy) is 1.